The van der Waals surface area contributed by atoms with Crippen LogP contribution in [0.2, 0.25) is 0 Å². The third kappa shape index (κ3) is 6.96. The summed E-state index contributed by atoms with van der Waals surface area (Å²) in [6, 6.07) is 26.5. The maximum Gasteiger partial charge on any atom is 0.185 e. The molecule has 0 spiro atoms. The number of ketones is 1. The van der Waals surface area contributed by atoms with E-state index in [1.807, 2.05) is 72.8 Å². The normalized spacial score (nSPS) is 10.0. The van der Waals surface area contributed by atoms with Crippen LogP contribution >= 0.6 is 0 Å². The zero-order chi connectivity index (χ0) is 20.0. The molecule has 0 saturated heterocycles. The number of carbonyl (C=O) groups excluding carboxylic acids is 1. The first-order valence-corrected chi connectivity index (χ1v) is 8.99. The third-order valence-corrected chi connectivity index (χ3v) is 3.73. The minimum absolute atomic E-state index is 0.0102. The molecule has 0 amide bonds. The fraction of sp³-hybridized carbons (Fsp3) is 0.0800. The van der Waals surface area contributed by atoms with Gasteiger partial charge in [0.2, 0.25) is 0 Å². The van der Waals surface area contributed by atoms with Gasteiger partial charge in [-0.25, -0.2) is 0 Å². The molecular formula is C25H24O3. The number of allylic oxidation sites excluding steroid dienone is 1. The molecule has 3 rings (SSSR count). The summed E-state index contributed by atoms with van der Waals surface area (Å²) >= 11 is 0. The maximum absolute atomic E-state index is 12.1. The first-order chi connectivity index (χ1) is 13.8. The summed E-state index contributed by atoms with van der Waals surface area (Å²) in [4.78, 5) is 12.1. The average molecular weight is 372 g/mol. The predicted molar refractivity (Wildman–Crippen MR) is 115 cm³/mol. The Morgan fingerprint density at radius 1 is 0.714 bits per heavy atom. The lowest BCUT2D eigenvalue weighted by Crippen LogP contribution is -2.08. The molecule has 0 aliphatic heterocycles. The van der Waals surface area contributed by atoms with E-state index in [0.29, 0.717) is 18.8 Å². The van der Waals surface area contributed by atoms with E-state index in [1.54, 1.807) is 24.3 Å². The highest BCUT2D eigenvalue weighted by molar-refractivity contribution is 6.06. The highest BCUT2D eigenvalue weighted by Crippen LogP contribution is 2.14. The minimum Gasteiger partial charge on any atom is -0.490 e. The molecule has 142 valence electrons. The van der Waals surface area contributed by atoms with Gasteiger partial charge in [-0.3, -0.25) is 4.79 Å². The highest BCUT2D eigenvalue weighted by atomic mass is 16.5. The van der Waals surface area contributed by atoms with Crippen molar-refractivity contribution in [2.75, 3.05) is 13.2 Å². The largest absolute Gasteiger partial charge is 0.490 e. The molecule has 0 heterocycles. The van der Waals surface area contributed by atoms with Crippen LogP contribution in [-0.4, -0.2) is 19.0 Å². The molecule has 0 unspecified atom stereocenters. The van der Waals surface area contributed by atoms with Gasteiger partial charge in [0.05, 0.1) is 0 Å². The third-order valence-electron chi connectivity index (χ3n) is 3.73. The van der Waals surface area contributed by atoms with Crippen molar-refractivity contribution < 1.29 is 14.3 Å². The summed E-state index contributed by atoms with van der Waals surface area (Å²) in [5.41, 5.74) is 1.63. The average Bonchev–Trinajstić information content (AvgIpc) is 2.78. The quantitative estimate of drug-likeness (QED) is 0.216. The summed E-state index contributed by atoms with van der Waals surface area (Å²) in [6.07, 6.45) is 3.39. The summed E-state index contributed by atoms with van der Waals surface area (Å²) in [7, 11) is 0. The molecule has 3 aromatic carbocycles. The number of benzene rings is 3. The molecule has 0 N–H and O–H groups in total. The fourth-order valence-corrected chi connectivity index (χ4v) is 2.38. The maximum atomic E-state index is 12.1. The lowest BCUT2D eigenvalue weighted by molar-refractivity contribution is 0.104. The number of ether oxygens (including phenoxy) is 2. The number of carbonyl (C=O) groups is 1. The van der Waals surface area contributed by atoms with E-state index in [4.69, 9.17) is 9.47 Å². The van der Waals surface area contributed by atoms with Gasteiger partial charge in [0.1, 0.15) is 24.7 Å². The van der Waals surface area contributed by atoms with Gasteiger partial charge in [-0.15, -0.1) is 13.2 Å². The Kier molecular flexibility index (Phi) is 8.82. The molecule has 3 aromatic rings. The summed E-state index contributed by atoms with van der Waals surface area (Å²) < 4.78 is 11.2. The van der Waals surface area contributed by atoms with Crippen molar-refractivity contribution in [2.24, 2.45) is 0 Å². The molecule has 3 heteroatoms. The number of para-hydroxylation sites is 1. The van der Waals surface area contributed by atoms with Crippen molar-refractivity contribution in [3.8, 4) is 11.5 Å². The van der Waals surface area contributed by atoms with Gasteiger partial charge >= 0.3 is 0 Å². The van der Waals surface area contributed by atoms with Gasteiger partial charge in [-0.2, -0.15) is 0 Å². The highest BCUT2D eigenvalue weighted by Gasteiger charge is 2.00. The van der Waals surface area contributed by atoms with Gasteiger partial charge in [-0.1, -0.05) is 66.7 Å². The van der Waals surface area contributed by atoms with E-state index in [-0.39, 0.29) is 5.78 Å². The Hall–Kier alpha value is -3.59. The second-order valence-electron chi connectivity index (χ2n) is 5.64. The number of hydrogen-bond donors (Lipinski definition) is 0. The molecule has 0 fully saturated rings. The van der Waals surface area contributed by atoms with Crippen LogP contribution in [0.15, 0.2) is 104 Å². The smallest absolute Gasteiger partial charge is 0.185 e. The molecular weight excluding hydrogens is 348 g/mol. The summed E-state index contributed by atoms with van der Waals surface area (Å²) in [5, 5.41) is 0. The second kappa shape index (κ2) is 11.9. The molecule has 3 nitrogen and oxygen atoms in total. The monoisotopic (exact) mass is 372 g/mol. The molecule has 0 aromatic heterocycles. The van der Waals surface area contributed by atoms with Crippen LogP contribution in [0.1, 0.15) is 15.9 Å². The Labute approximate surface area is 166 Å². The first-order valence-electron chi connectivity index (χ1n) is 8.99. The summed E-state index contributed by atoms with van der Waals surface area (Å²) in [6.45, 7) is 6.95. The predicted octanol–water partition coefficient (Wildman–Crippen LogP) is 5.84. The molecule has 0 bridgehead atoms. The van der Waals surface area contributed by atoms with E-state index in [9.17, 15) is 4.79 Å². The van der Waals surface area contributed by atoms with E-state index in [1.165, 1.54) is 0 Å². The first kappa shape index (κ1) is 20.7. The van der Waals surface area contributed by atoms with Crippen LogP contribution in [-0.2, 0) is 0 Å². The Morgan fingerprint density at radius 2 is 1.21 bits per heavy atom. The van der Waals surface area contributed by atoms with Gasteiger partial charge in [0.15, 0.2) is 5.78 Å². The molecule has 0 saturated carbocycles. The van der Waals surface area contributed by atoms with Gasteiger partial charge in [0.25, 0.3) is 0 Å². The van der Waals surface area contributed by atoms with Gasteiger partial charge < -0.3 is 9.47 Å². The van der Waals surface area contributed by atoms with Crippen molar-refractivity contribution in [1.29, 1.82) is 0 Å². The van der Waals surface area contributed by atoms with Crippen LogP contribution in [0.4, 0.5) is 0 Å². The van der Waals surface area contributed by atoms with E-state index in [2.05, 4.69) is 13.2 Å². The van der Waals surface area contributed by atoms with Crippen LogP contribution in [0.3, 0.4) is 0 Å². The zero-order valence-electron chi connectivity index (χ0n) is 15.8. The fourth-order valence-electron chi connectivity index (χ4n) is 2.38. The molecule has 0 aliphatic rings. The Bertz CT molecular complexity index is 853. The number of hydrogen-bond acceptors (Lipinski definition) is 3. The standard InChI is InChI=1S/C23H20O3.C2H4/c24-23(20-7-3-1-4-8-20)16-13-19-11-14-22(15-12-19)26-18-17-25-21-9-5-2-6-10-21;1-2/h1-16H,17-18H2;1-2H2. The van der Waals surface area contributed by atoms with Crippen molar-refractivity contribution >= 4 is 11.9 Å². The van der Waals surface area contributed by atoms with E-state index < -0.39 is 0 Å². The van der Waals surface area contributed by atoms with E-state index in [0.717, 1.165) is 17.1 Å². The van der Waals surface area contributed by atoms with Crippen LogP contribution in [0, 0.1) is 0 Å². The SMILES string of the molecule is C=C.O=C(C=Cc1ccc(OCCOc2ccccc2)cc1)c1ccccc1. The van der Waals surface area contributed by atoms with Crippen LogP contribution < -0.4 is 9.47 Å². The van der Waals surface area contributed by atoms with Crippen molar-refractivity contribution in [3.63, 3.8) is 0 Å². The van der Waals surface area contributed by atoms with Crippen molar-refractivity contribution in [2.45, 2.75) is 0 Å². The molecule has 0 radical (unpaired) electrons. The summed E-state index contributed by atoms with van der Waals surface area (Å²) in [5.74, 6) is 1.59. The zero-order valence-corrected chi connectivity index (χ0v) is 15.8. The Balaban J connectivity index is 0.00000136. The lowest BCUT2D eigenvalue weighted by Gasteiger charge is -2.08. The van der Waals surface area contributed by atoms with E-state index >= 15 is 0 Å². The lowest BCUT2D eigenvalue weighted by atomic mass is 10.1. The molecule has 0 atom stereocenters. The topological polar surface area (TPSA) is 35.5 Å². The van der Waals surface area contributed by atoms with Crippen molar-refractivity contribution in [3.05, 3.63) is 115 Å². The van der Waals surface area contributed by atoms with Crippen molar-refractivity contribution in [1.82, 2.24) is 0 Å². The van der Waals surface area contributed by atoms with Crippen LogP contribution in [0.25, 0.3) is 6.08 Å². The van der Waals surface area contributed by atoms with Crippen LogP contribution in [0.5, 0.6) is 11.5 Å². The van der Waals surface area contributed by atoms with Gasteiger partial charge in [-0.05, 0) is 35.9 Å². The second-order valence-corrected chi connectivity index (χ2v) is 5.64. The number of rotatable bonds is 8. The Morgan fingerprint density at radius 3 is 1.79 bits per heavy atom. The molecule has 0 aliphatic carbocycles. The minimum atomic E-state index is -0.0102. The van der Waals surface area contributed by atoms with Gasteiger partial charge in [0, 0.05) is 5.56 Å². The molecule has 28 heavy (non-hydrogen) atoms.